The van der Waals surface area contributed by atoms with Crippen LogP contribution in [0.15, 0.2) is 18.2 Å². The Labute approximate surface area is 124 Å². The van der Waals surface area contributed by atoms with Gasteiger partial charge in [-0.15, -0.1) is 0 Å². The topological polar surface area (TPSA) is 28.2 Å². The van der Waals surface area contributed by atoms with Crippen molar-refractivity contribution < 1.29 is 0 Å². The van der Waals surface area contributed by atoms with Crippen LogP contribution in [-0.4, -0.2) is 18.6 Å². The van der Waals surface area contributed by atoms with Crippen LogP contribution >= 0.6 is 11.3 Å². The van der Waals surface area contributed by atoms with Gasteiger partial charge in [0.2, 0.25) is 0 Å². The van der Waals surface area contributed by atoms with Gasteiger partial charge in [-0.05, 0) is 45.4 Å². The number of anilines is 2. The first-order valence-electron chi connectivity index (χ1n) is 7.17. The average Bonchev–Trinajstić information content (AvgIpc) is 2.79. The number of hydrogen-bond donors (Lipinski definition) is 1. The molecule has 0 atom stereocenters. The van der Waals surface area contributed by atoms with Crippen molar-refractivity contribution in [2.24, 2.45) is 0 Å². The first kappa shape index (κ1) is 13.6. The van der Waals surface area contributed by atoms with E-state index < -0.39 is 0 Å². The molecule has 1 N–H and O–H groups in total. The van der Waals surface area contributed by atoms with E-state index in [1.165, 1.54) is 34.5 Å². The molecular formula is C16H21N3S. The molecule has 0 unspecified atom stereocenters. The standard InChI is InChI=1S/C16H21N3S/c1-11-6-7-14-13(9-11)5-4-8-19(14)16-18-12(2)15(20-16)10-17-3/h6-7,9,17H,4-5,8,10H2,1-3H3. The van der Waals surface area contributed by atoms with Gasteiger partial charge in [0.05, 0.1) is 5.69 Å². The summed E-state index contributed by atoms with van der Waals surface area (Å²) in [5.74, 6) is 0. The van der Waals surface area contributed by atoms with E-state index in [1.807, 2.05) is 18.4 Å². The molecule has 3 rings (SSSR count). The Morgan fingerprint density at radius 3 is 3.00 bits per heavy atom. The monoisotopic (exact) mass is 287 g/mol. The number of hydrogen-bond acceptors (Lipinski definition) is 4. The van der Waals surface area contributed by atoms with E-state index >= 15 is 0 Å². The lowest BCUT2D eigenvalue weighted by molar-refractivity contribution is 0.763. The molecule has 0 amide bonds. The molecule has 1 aliphatic heterocycles. The summed E-state index contributed by atoms with van der Waals surface area (Å²) >= 11 is 1.81. The average molecular weight is 287 g/mol. The van der Waals surface area contributed by atoms with Gasteiger partial charge in [0, 0.05) is 23.7 Å². The van der Waals surface area contributed by atoms with E-state index in [2.05, 4.69) is 42.3 Å². The van der Waals surface area contributed by atoms with Gasteiger partial charge in [-0.2, -0.15) is 0 Å². The number of fused-ring (bicyclic) bond motifs is 1. The maximum absolute atomic E-state index is 4.78. The fraction of sp³-hybridized carbons (Fsp3) is 0.438. The third kappa shape index (κ3) is 2.45. The number of nitrogens with zero attached hydrogens (tertiary/aromatic N) is 2. The van der Waals surface area contributed by atoms with E-state index in [4.69, 9.17) is 4.98 Å². The fourth-order valence-electron chi connectivity index (χ4n) is 2.78. The van der Waals surface area contributed by atoms with E-state index in [0.717, 1.165) is 23.9 Å². The van der Waals surface area contributed by atoms with Crippen molar-refractivity contribution >= 4 is 22.2 Å². The molecule has 20 heavy (non-hydrogen) atoms. The zero-order chi connectivity index (χ0) is 14.1. The van der Waals surface area contributed by atoms with E-state index in [0.29, 0.717) is 0 Å². The van der Waals surface area contributed by atoms with Gasteiger partial charge < -0.3 is 10.2 Å². The van der Waals surface area contributed by atoms with Crippen LogP contribution in [0.3, 0.4) is 0 Å². The first-order valence-corrected chi connectivity index (χ1v) is 7.98. The summed E-state index contributed by atoms with van der Waals surface area (Å²) in [5.41, 5.74) is 5.29. The van der Waals surface area contributed by atoms with Crippen molar-refractivity contribution in [3.63, 3.8) is 0 Å². The summed E-state index contributed by atoms with van der Waals surface area (Å²) in [7, 11) is 1.98. The fourth-order valence-corrected chi connectivity index (χ4v) is 3.89. The Balaban J connectivity index is 1.98. The summed E-state index contributed by atoms with van der Waals surface area (Å²) in [6, 6.07) is 6.76. The molecule has 1 aromatic heterocycles. The van der Waals surface area contributed by atoms with Gasteiger partial charge in [-0.3, -0.25) is 0 Å². The Bertz CT molecular complexity index is 618. The second-order valence-electron chi connectivity index (χ2n) is 5.42. The largest absolute Gasteiger partial charge is 0.318 e. The van der Waals surface area contributed by atoms with Crippen molar-refractivity contribution in [2.75, 3.05) is 18.5 Å². The second kappa shape index (κ2) is 5.54. The zero-order valence-electron chi connectivity index (χ0n) is 12.4. The predicted octanol–water partition coefficient (Wildman–Crippen LogP) is 3.56. The highest BCUT2D eigenvalue weighted by Crippen LogP contribution is 2.37. The molecule has 1 aromatic carbocycles. The maximum Gasteiger partial charge on any atom is 0.190 e. The second-order valence-corrected chi connectivity index (χ2v) is 6.48. The normalized spacial score (nSPS) is 14.4. The lowest BCUT2D eigenvalue weighted by Crippen LogP contribution is -2.24. The van der Waals surface area contributed by atoms with Gasteiger partial charge in [0.1, 0.15) is 0 Å². The van der Waals surface area contributed by atoms with E-state index in [-0.39, 0.29) is 0 Å². The Hall–Kier alpha value is -1.39. The Kier molecular flexibility index (Phi) is 3.76. The molecule has 1 aliphatic rings. The lowest BCUT2D eigenvalue weighted by Gasteiger charge is -2.29. The van der Waals surface area contributed by atoms with Crippen molar-refractivity contribution in [1.82, 2.24) is 10.3 Å². The number of thiazole rings is 1. The van der Waals surface area contributed by atoms with Gasteiger partial charge >= 0.3 is 0 Å². The molecule has 3 nitrogen and oxygen atoms in total. The van der Waals surface area contributed by atoms with Gasteiger partial charge in [-0.1, -0.05) is 29.0 Å². The van der Waals surface area contributed by atoms with Crippen LogP contribution < -0.4 is 10.2 Å². The number of aromatic nitrogens is 1. The summed E-state index contributed by atoms with van der Waals surface area (Å²) < 4.78 is 0. The first-order chi connectivity index (χ1) is 9.69. The lowest BCUT2D eigenvalue weighted by atomic mass is 10.00. The SMILES string of the molecule is CNCc1sc(N2CCCc3cc(C)ccc32)nc1C. The van der Waals surface area contributed by atoms with Gasteiger partial charge in [-0.25, -0.2) is 4.98 Å². The third-order valence-corrected chi connectivity index (χ3v) is 4.98. The molecule has 0 bridgehead atoms. The molecule has 106 valence electrons. The predicted molar refractivity (Wildman–Crippen MR) is 86.1 cm³/mol. The number of nitrogens with one attached hydrogen (secondary N) is 1. The minimum atomic E-state index is 0.901. The molecule has 0 radical (unpaired) electrons. The zero-order valence-corrected chi connectivity index (χ0v) is 13.2. The van der Waals surface area contributed by atoms with Crippen LogP contribution in [-0.2, 0) is 13.0 Å². The molecule has 0 saturated carbocycles. The number of rotatable bonds is 3. The van der Waals surface area contributed by atoms with Crippen molar-refractivity contribution in [3.05, 3.63) is 39.9 Å². The third-order valence-electron chi connectivity index (χ3n) is 3.80. The minimum absolute atomic E-state index is 0.901. The molecule has 4 heteroatoms. The molecule has 0 aliphatic carbocycles. The Morgan fingerprint density at radius 1 is 1.35 bits per heavy atom. The quantitative estimate of drug-likeness (QED) is 0.935. The highest BCUT2D eigenvalue weighted by atomic mass is 32.1. The van der Waals surface area contributed by atoms with Crippen LogP contribution in [0, 0.1) is 13.8 Å². The van der Waals surface area contributed by atoms with Crippen molar-refractivity contribution in [2.45, 2.75) is 33.2 Å². The minimum Gasteiger partial charge on any atom is -0.318 e. The molecule has 0 fully saturated rings. The maximum atomic E-state index is 4.78. The highest BCUT2D eigenvalue weighted by Gasteiger charge is 2.21. The smallest absolute Gasteiger partial charge is 0.190 e. The number of aryl methyl sites for hydroxylation is 3. The molecule has 0 saturated heterocycles. The molecule has 2 heterocycles. The van der Waals surface area contributed by atoms with Gasteiger partial charge in [0.15, 0.2) is 5.13 Å². The number of benzene rings is 1. The molecule has 0 spiro atoms. The summed E-state index contributed by atoms with van der Waals surface area (Å²) in [4.78, 5) is 8.50. The van der Waals surface area contributed by atoms with Crippen molar-refractivity contribution in [3.8, 4) is 0 Å². The molecular weight excluding hydrogens is 266 g/mol. The summed E-state index contributed by atoms with van der Waals surface area (Å²) in [5, 5.41) is 4.36. The van der Waals surface area contributed by atoms with Crippen LogP contribution in [0.1, 0.15) is 28.1 Å². The van der Waals surface area contributed by atoms with Crippen LogP contribution in [0.25, 0.3) is 0 Å². The summed E-state index contributed by atoms with van der Waals surface area (Å²) in [6.45, 7) is 6.24. The van der Waals surface area contributed by atoms with E-state index in [9.17, 15) is 0 Å². The van der Waals surface area contributed by atoms with E-state index in [1.54, 1.807) is 0 Å². The molecule has 2 aromatic rings. The van der Waals surface area contributed by atoms with Crippen molar-refractivity contribution in [1.29, 1.82) is 0 Å². The Morgan fingerprint density at radius 2 is 2.20 bits per heavy atom. The van der Waals surface area contributed by atoms with Gasteiger partial charge in [0.25, 0.3) is 0 Å². The van der Waals surface area contributed by atoms with Crippen LogP contribution in [0.5, 0.6) is 0 Å². The summed E-state index contributed by atoms with van der Waals surface area (Å²) in [6.07, 6.45) is 2.39. The van der Waals surface area contributed by atoms with Crippen LogP contribution in [0.4, 0.5) is 10.8 Å². The highest BCUT2D eigenvalue weighted by molar-refractivity contribution is 7.15. The van der Waals surface area contributed by atoms with Crippen LogP contribution in [0.2, 0.25) is 0 Å².